The molecule has 0 aliphatic heterocycles. The predicted octanol–water partition coefficient (Wildman–Crippen LogP) is 5.53. The maximum Gasteiger partial charge on any atom is 0.355 e. The summed E-state index contributed by atoms with van der Waals surface area (Å²) >= 11 is 6.04. The number of esters is 1. The van der Waals surface area contributed by atoms with Crippen molar-refractivity contribution in [1.29, 1.82) is 0 Å². The summed E-state index contributed by atoms with van der Waals surface area (Å²) in [6.45, 7) is 8.24. The summed E-state index contributed by atoms with van der Waals surface area (Å²) in [7, 11) is 1.69. The van der Waals surface area contributed by atoms with Crippen LogP contribution >= 0.6 is 11.6 Å². The van der Waals surface area contributed by atoms with Crippen LogP contribution in [0.2, 0.25) is 5.02 Å². The summed E-state index contributed by atoms with van der Waals surface area (Å²) in [5.74, 6) is -0.491. The molecule has 0 N–H and O–H groups in total. The number of halogens is 1. The Bertz CT molecular complexity index is 1390. The first-order chi connectivity index (χ1) is 15.3. The number of carbonyl (C=O) groups is 1. The number of aromatic nitrogens is 2. The summed E-state index contributed by atoms with van der Waals surface area (Å²) in [4.78, 5) is 26.2. The van der Waals surface area contributed by atoms with Crippen LogP contribution in [-0.2, 0) is 11.8 Å². The largest absolute Gasteiger partial charge is 0.461 e. The van der Waals surface area contributed by atoms with Gasteiger partial charge in [0.15, 0.2) is 0 Å². The van der Waals surface area contributed by atoms with Crippen LogP contribution in [0.3, 0.4) is 0 Å². The molecular formula is C26H23ClN2O3. The molecule has 2 heterocycles. The van der Waals surface area contributed by atoms with Gasteiger partial charge in [-0.3, -0.25) is 9.36 Å². The summed E-state index contributed by atoms with van der Waals surface area (Å²) in [6, 6.07) is 16.7. The van der Waals surface area contributed by atoms with Crippen molar-refractivity contribution < 1.29 is 9.53 Å². The van der Waals surface area contributed by atoms with E-state index in [-0.39, 0.29) is 12.2 Å². The Morgan fingerprint density at radius 1 is 1.09 bits per heavy atom. The molecular weight excluding hydrogens is 424 g/mol. The molecule has 0 unspecified atom stereocenters. The first-order valence-electron chi connectivity index (χ1n) is 10.3. The maximum absolute atomic E-state index is 13.3. The van der Waals surface area contributed by atoms with Crippen LogP contribution in [-0.4, -0.2) is 21.7 Å². The van der Waals surface area contributed by atoms with E-state index < -0.39 is 5.97 Å². The fraction of sp³-hybridized carbons (Fsp3) is 0.154. The van der Waals surface area contributed by atoms with Gasteiger partial charge in [0, 0.05) is 34.9 Å². The average Bonchev–Trinajstić information content (AvgIpc) is 3.18. The van der Waals surface area contributed by atoms with E-state index in [1.807, 2.05) is 43.3 Å². The Labute approximate surface area is 191 Å². The van der Waals surface area contributed by atoms with Gasteiger partial charge < -0.3 is 9.30 Å². The van der Waals surface area contributed by atoms with Crippen LogP contribution < -0.4 is 5.56 Å². The molecule has 2 aromatic carbocycles. The minimum atomic E-state index is -0.491. The normalized spacial score (nSPS) is 11.0. The predicted molar refractivity (Wildman–Crippen MR) is 129 cm³/mol. The Kier molecular flexibility index (Phi) is 5.76. The number of pyridine rings is 1. The van der Waals surface area contributed by atoms with Gasteiger partial charge in [-0.15, -0.1) is 0 Å². The lowest BCUT2D eigenvalue weighted by Crippen LogP contribution is -2.20. The molecule has 6 heteroatoms. The second-order valence-electron chi connectivity index (χ2n) is 7.63. The highest BCUT2D eigenvalue weighted by molar-refractivity contribution is 6.30. The highest BCUT2D eigenvalue weighted by Gasteiger charge is 2.23. The number of ether oxygens (including phenoxy) is 1. The third kappa shape index (κ3) is 3.76. The van der Waals surface area contributed by atoms with E-state index in [2.05, 4.69) is 6.58 Å². The van der Waals surface area contributed by atoms with Crippen molar-refractivity contribution in [3.05, 3.63) is 105 Å². The minimum absolute atomic E-state index is 0.219. The summed E-state index contributed by atoms with van der Waals surface area (Å²) < 4.78 is 8.49. The lowest BCUT2D eigenvalue weighted by Gasteiger charge is -2.13. The SMILES string of the molecule is C=C(c1ccc(Cl)cc1)c1cn(C)c(=O)c2c1cc(C(=O)OCC)n2-c1ccc(C)cc1. The van der Waals surface area contributed by atoms with Crippen LogP contribution in [0, 0.1) is 6.92 Å². The molecule has 0 aliphatic rings. The Balaban J connectivity index is 2.05. The summed E-state index contributed by atoms with van der Waals surface area (Å²) in [5.41, 5.74) is 4.59. The van der Waals surface area contributed by atoms with Gasteiger partial charge >= 0.3 is 5.97 Å². The van der Waals surface area contributed by atoms with Gasteiger partial charge in [0.05, 0.1) is 6.61 Å². The number of nitrogens with zero attached hydrogens (tertiary/aromatic N) is 2. The van der Waals surface area contributed by atoms with E-state index in [9.17, 15) is 9.59 Å². The van der Waals surface area contributed by atoms with Crippen LogP contribution in [0.1, 0.15) is 34.1 Å². The number of rotatable bonds is 5. The molecule has 0 atom stereocenters. The van der Waals surface area contributed by atoms with E-state index in [0.29, 0.717) is 27.3 Å². The van der Waals surface area contributed by atoms with Gasteiger partial charge in [-0.1, -0.05) is 48.0 Å². The van der Waals surface area contributed by atoms with E-state index in [0.717, 1.165) is 22.3 Å². The van der Waals surface area contributed by atoms with Crippen molar-refractivity contribution >= 4 is 34.0 Å². The van der Waals surface area contributed by atoms with E-state index >= 15 is 0 Å². The average molecular weight is 447 g/mol. The van der Waals surface area contributed by atoms with Gasteiger partial charge in [0.25, 0.3) is 5.56 Å². The van der Waals surface area contributed by atoms with Gasteiger partial charge in [0.2, 0.25) is 0 Å². The molecule has 0 bridgehead atoms. The monoisotopic (exact) mass is 446 g/mol. The third-order valence-corrected chi connectivity index (χ3v) is 5.68. The van der Waals surface area contributed by atoms with Crippen molar-refractivity contribution in [2.24, 2.45) is 7.05 Å². The Hall–Kier alpha value is -3.57. The van der Waals surface area contributed by atoms with Gasteiger partial charge in [-0.25, -0.2) is 4.79 Å². The fourth-order valence-corrected chi connectivity index (χ4v) is 3.91. The lowest BCUT2D eigenvalue weighted by atomic mass is 9.98. The second-order valence-corrected chi connectivity index (χ2v) is 8.06. The molecule has 0 radical (unpaired) electrons. The van der Waals surface area contributed by atoms with Crippen LogP contribution in [0.4, 0.5) is 0 Å². The molecule has 0 saturated carbocycles. The molecule has 0 fully saturated rings. The van der Waals surface area contributed by atoms with Gasteiger partial charge in [0.1, 0.15) is 11.2 Å². The van der Waals surface area contributed by atoms with Crippen molar-refractivity contribution in [1.82, 2.24) is 9.13 Å². The fourth-order valence-electron chi connectivity index (χ4n) is 3.78. The zero-order valence-electron chi connectivity index (χ0n) is 18.2. The first kappa shape index (κ1) is 21.7. The van der Waals surface area contributed by atoms with Crippen molar-refractivity contribution in [2.45, 2.75) is 13.8 Å². The van der Waals surface area contributed by atoms with E-state index in [1.54, 1.807) is 42.9 Å². The molecule has 2 aromatic heterocycles. The number of carbonyl (C=O) groups excluding carboxylic acids is 1. The van der Waals surface area contributed by atoms with Crippen LogP contribution in [0.25, 0.3) is 22.2 Å². The van der Waals surface area contributed by atoms with E-state index in [1.165, 1.54) is 4.57 Å². The highest BCUT2D eigenvalue weighted by atomic mass is 35.5. The molecule has 4 aromatic rings. The number of hydrogen-bond donors (Lipinski definition) is 0. The molecule has 5 nitrogen and oxygen atoms in total. The Morgan fingerprint density at radius 3 is 2.38 bits per heavy atom. The second kappa shape index (κ2) is 8.52. The van der Waals surface area contributed by atoms with Crippen molar-refractivity contribution in [3.63, 3.8) is 0 Å². The number of aryl methyl sites for hydroxylation is 2. The summed E-state index contributed by atoms with van der Waals surface area (Å²) in [6.07, 6.45) is 1.75. The zero-order valence-corrected chi connectivity index (χ0v) is 18.9. The molecule has 4 rings (SSSR count). The minimum Gasteiger partial charge on any atom is -0.461 e. The van der Waals surface area contributed by atoms with Crippen molar-refractivity contribution in [2.75, 3.05) is 6.61 Å². The van der Waals surface area contributed by atoms with Crippen LogP contribution in [0.5, 0.6) is 0 Å². The molecule has 32 heavy (non-hydrogen) atoms. The molecule has 0 amide bonds. The molecule has 0 saturated heterocycles. The first-order valence-corrected chi connectivity index (χ1v) is 10.6. The quantitative estimate of drug-likeness (QED) is 0.379. The lowest BCUT2D eigenvalue weighted by molar-refractivity contribution is 0.0517. The highest BCUT2D eigenvalue weighted by Crippen LogP contribution is 2.32. The topological polar surface area (TPSA) is 53.2 Å². The van der Waals surface area contributed by atoms with E-state index in [4.69, 9.17) is 16.3 Å². The summed E-state index contributed by atoms with van der Waals surface area (Å²) in [5, 5.41) is 1.26. The number of fused-ring (bicyclic) bond motifs is 1. The third-order valence-electron chi connectivity index (χ3n) is 5.43. The molecule has 162 valence electrons. The van der Waals surface area contributed by atoms with Crippen LogP contribution in [0.15, 0.2) is 72.2 Å². The van der Waals surface area contributed by atoms with Gasteiger partial charge in [-0.05, 0) is 55.3 Å². The zero-order chi connectivity index (χ0) is 23.0. The Morgan fingerprint density at radius 2 is 1.75 bits per heavy atom. The standard InChI is InChI=1S/C26H23ClN2O3/c1-5-32-26(31)23-14-21-22(17(3)18-8-10-19(27)11-9-18)15-28(4)25(30)24(21)29(23)20-12-6-16(2)7-13-20/h6-15H,3,5H2,1-2,4H3. The number of benzene rings is 2. The maximum atomic E-state index is 13.3. The number of hydrogen-bond acceptors (Lipinski definition) is 3. The molecule has 0 aliphatic carbocycles. The van der Waals surface area contributed by atoms with Crippen molar-refractivity contribution in [3.8, 4) is 5.69 Å². The smallest absolute Gasteiger partial charge is 0.355 e. The molecule has 0 spiro atoms. The van der Waals surface area contributed by atoms with Gasteiger partial charge in [-0.2, -0.15) is 0 Å².